The lowest BCUT2D eigenvalue weighted by molar-refractivity contribution is -0.147. The Balaban J connectivity index is 2.24. The third-order valence-electron chi connectivity index (χ3n) is 3.57. The van der Waals surface area contributed by atoms with Gasteiger partial charge in [0.05, 0.1) is 7.11 Å². The normalized spacial score (nSPS) is 18.7. The van der Waals surface area contributed by atoms with Gasteiger partial charge in [-0.05, 0) is 0 Å². The zero-order chi connectivity index (χ0) is 23.3. The van der Waals surface area contributed by atoms with Gasteiger partial charge in [0.1, 0.15) is 24.4 Å². The number of nitrogens with two attached hydrogens (primary N) is 1. The van der Waals surface area contributed by atoms with E-state index >= 15 is 0 Å². The van der Waals surface area contributed by atoms with E-state index in [2.05, 4.69) is 29.8 Å². The van der Waals surface area contributed by atoms with Crippen molar-refractivity contribution >= 4 is 56.4 Å². The van der Waals surface area contributed by atoms with E-state index < -0.39 is 65.3 Å². The number of thiazole rings is 1. The van der Waals surface area contributed by atoms with Crippen LogP contribution in [0.3, 0.4) is 0 Å². The molecule has 0 radical (unpaired) electrons. The maximum Gasteiger partial charge on any atom is 0.508 e. The maximum absolute atomic E-state index is 12.6. The summed E-state index contributed by atoms with van der Waals surface area (Å²) in [6.45, 7) is -1.65. The number of carboxylic acid groups (broad SMARTS) is 1. The van der Waals surface area contributed by atoms with E-state index in [-0.39, 0.29) is 15.1 Å². The lowest BCUT2D eigenvalue weighted by Gasteiger charge is -2.43. The monoisotopic (exact) mass is 481 g/mol. The second-order valence-corrected chi connectivity index (χ2v) is 7.75. The van der Waals surface area contributed by atoms with E-state index in [9.17, 15) is 32.1 Å². The van der Waals surface area contributed by atoms with Crippen LogP contribution in [-0.2, 0) is 39.0 Å². The van der Waals surface area contributed by atoms with Crippen molar-refractivity contribution in [3.05, 3.63) is 11.1 Å². The van der Waals surface area contributed by atoms with E-state index in [1.54, 1.807) is 0 Å². The number of hydrogen-bond donors (Lipinski definition) is 4. The van der Waals surface area contributed by atoms with Crippen LogP contribution in [0.5, 0.6) is 0 Å². The van der Waals surface area contributed by atoms with Crippen LogP contribution in [0, 0.1) is 0 Å². The highest BCUT2D eigenvalue weighted by molar-refractivity contribution is 7.84. The zero-order valence-corrected chi connectivity index (χ0v) is 17.1. The van der Waals surface area contributed by atoms with Gasteiger partial charge in [-0.2, -0.15) is 8.42 Å². The van der Waals surface area contributed by atoms with Crippen molar-refractivity contribution in [1.82, 2.24) is 14.6 Å². The number of carbonyl (C=O) groups is 4. The summed E-state index contributed by atoms with van der Waals surface area (Å²) in [4.78, 5) is 54.8. The molecular weight excluding hydrogens is 466 g/mol. The molecule has 0 aliphatic carbocycles. The highest BCUT2D eigenvalue weighted by atomic mass is 32.2. The van der Waals surface area contributed by atoms with Crippen LogP contribution >= 0.6 is 11.3 Å². The number of carboxylic acids is 1. The molecule has 1 aliphatic rings. The Hall–Kier alpha value is -3.51. The number of aliphatic carboxylic acids is 1. The van der Waals surface area contributed by atoms with Gasteiger partial charge in [-0.15, -0.1) is 11.3 Å². The standard InChI is InChI=1S/C13H15N5O11S2/c1-27-13(23)28-2-6-9(11(22)18(6)31(24,25)26)16-10(21)8(17-29-3-7(19)20)5-4-30-12(14)15-5/h4,6,9H,2-3H2,1H3,(H2,14,15)(H,16,21)(H,19,20)(H,24,25,26)/b17-8-/t6-,9+/m1/s1. The van der Waals surface area contributed by atoms with E-state index in [4.69, 9.17) is 10.8 Å². The van der Waals surface area contributed by atoms with Crippen LogP contribution in [0.2, 0.25) is 0 Å². The van der Waals surface area contributed by atoms with Crippen molar-refractivity contribution in [2.75, 3.05) is 26.1 Å². The fourth-order valence-corrected chi connectivity index (χ4v) is 3.71. The summed E-state index contributed by atoms with van der Waals surface area (Å²) >= 11 is 0.922. The molecule has 0 spiro atoms. The Morgan fingerprint density at radius 3 is 2.61 bits per heavy atom. The van der Waals surface area contributed by atoms with Crippen molar-refractivity contribution in [2.24, 2.45) is 5.16 Å². The number of anilines is 1. The summed E-state index contributed by atoms with van der Waals surface area (Å²) in [5.41, 5.74) is 4.80. The van der Waals surface area contributed by atoms with Crippen LogP contribution in [0.15, 0.2) is 10.5 Å². The number of nitrogens with zero attached hydrogens (tertiary/aromatic N) is 3. The quantitative estimate of drug-likeness (QED) is 0.0965. The van der Waals surface area contributed by atoms with Gasteiger partial charge in [0.2, 0.25) is 6.61 Å². The number of oxime groups is 1. The minimum Gasteiger partial charge on any atom is -0.479 e. The van der Waals surface area contributed by atoms with E-state index in [1.165, 1.54) is 5.38 Å². The molecule has 2 amide bonds. The Morgan fingerprint density at radius 2 is 2.10 bits per heavy atom. The van der Waals surface area contributed by atoms with Gasteiger partial charge in [-0.3, -0.25) is 14.1 Å². The number of hydrogen-bond acceptors (Lipinski definition) is 13. The van der Waals surface area contributed by atoms with Crippen molar-refractivity contribution in [3.8, 4) is 0 Å². The number of nitrogen functional groups attached to an aromatic ring is 1. The Labute approximate surface area is 177 Å². The number of aromatic nitrogens is 1. The molecule has 0 aromatic carbocycles. The number of amides is 2. The molecule has 1 aromatic heterocycles. The van der Waals surface area contributed by atoms with Gasteiger partial charge in [0.25, 0.3) is 11.8 Å². The molecule has 0 unspecified atom stereocenters. The van der Waals surface area contributed by atoms with E-state index in [0.29, 0.717) is 0 Å². The zero-order valence-electron chi connectivity index (χ0n) is 15.5. The average molecular weight is 481 g/mol. The first-order chi connectivity index (χ1) is 14.5. The number of β-lactam (4-membered cyclic amide) rings is 1. The summed E-state index contributed by atoms with van der Waals surface area (Å²) < 4.78 is 40.8. The van der Waals surface area contributed by atoms with Gasteiger partial charge in [-0.1, -0.05) is 5.16 Å². The van der Waals surface area contributed by atoms with Gasteiger partial charge in [0.15, 0.2) is 10.8 Å². The lowest BCUT2D eigenvalue weighted by Crippen LogP contribution is -2.73. The molecule has 1 aromatic rings. The van der Waals surface area contributed by atoms with Gasteiger partial charge in [0, 0.05) is 5.38 Å². The second-order valence-electron chi connectivity index (χ2n) is 5.57. The molecule has 31 heavy (non-hydrogen) atoms. The predicted octanol–water partition coefficient (Wildman–Crippen LogP) is -2.19. The molecule has 2 heterocycles. The maximum atomic E-state index is 12.6. The lowest BCUT2D eigenvalue weighted by atomic mass is 9.99. The third kappa shape index (κ3) is 5.77. The highest BCUT2D eigenvalue weighted by Gasteiger charge is 2.55. The fraction of sp³-hybridized carbons (Fsp3) is 0.385. The first-order valence-electron chi connectivity index (χ1n) is 7.91. The summed E-state index contributed by atoms with van der Waals surface area (Å²) in [5, 5.41) is 15.5. The van der Waals surface area contributed by atoms with E-state index in [0.717, 1.165) is 18.4 Å². The number of nitrogens with one attached hydrogen (secondary N) is 1. The van der Waals surface area contributed by atoms with Crippen molar-refractivity contribution in [1.29, 1.82) is 0 Å². The number of methoxy groups -OCH3 is 1. The van der Waals surface area contributed by atoms with Crippen LogP contribution in [-0.4, -0.2) is 89.4 Å². The predicted molar refractivity (Wildman–Crippen MR) is 99.1 cm³/mol. The van der Waals surface area contributed by atoms with Crippen molar-refractivity contribution in [2.45, 2.75) is 12.1 Å². The second kappa shape index (κ2) is 9.53. The first-order valence-corrected chi connectivity index (χ1v) is 10.2. The molecule has 2 rings (SSSR count). The molecule has 0 bridgehead atoms. The van der Waals surface area contributed by atoms with Crippen LogP contribution in [0.1, 0.15) is 5.69 Å². The third-order valence-corrected chi connectivity index (χ3v) is 5.19. The molecule has 2 atom stereocenters. The number of rotatable bonds is 9. The topological polar surface area (TPSA) is 237 Å². The van der Waals surface area contributed by atoms with Crippen LogP contribution in [0.25, 0.3) is 0 Å². The number of ether oxygens (including phenoxy) is 2. The van der Waals surface area contributed by atoms with Crippen molar-refractivity contribution in [3.63, 3.8) is 0 Å². The van der Waals surface area contributed by atoms with Crippen LogP contribution in [0.4, 0.5) is 9.93 Å². The molecule has 5 N–H and O–H groups in total. The highest BCUT2D eigenvalue weighted by Crippen LogP contribution is 2.24. The fourth-order valence-electron chi connectivity index (χ4n) is 2.30. The number of carbonyl (C=O) groups excluding carboxylic acids is 3. The Kier molecular flexibility index (Phi) is 7.31. The molecular formula is C13H15N5O11S2. The van der Waals surface area contributed by atoms with Gasteiger partial charge >= 0.3 is 22.4 Å². The largest absolute Gasteiger partial charge is 0.508 e. The molecule has 1 saturated heterocycles. The molecule has 16 nitrogen and oxygen atoms in total. The molecule has 18 heteroatoms. The Bertz CT molecular complexity index is 1020. The average Bonchev–Trinajstić information content (AvgIpc) is 3.10. The smallest absolute Gasteiger partial charge is 0.479 e. The van der Waals surface area contributed by atoms with Gasteiger partial charge in [-0.25, -0.2) is 18.9 Å². The molecule has 0 saturated carbocycles. The Morgan fingerprint density at radius 1 is 1.42 bits per heavy atom. The van der Waals surface area contributed by atoms with Crippen LogP contribution < -0.4 is 11.1 Å². The summed E-state index contributed by atoms with van der Waals surface area (Å²) in [7, 11) is -4.05. The summed E-state index contributed by atoms with van der Waals surface area (Å²) in [6, 6.07) is -3.08. The summed E-state index contributed by atoms with van der Waals surface area (Å²) in [5.74, 6) is -3.75. The minimum atomic E-state index is -5.03. The molecule has 1 fully saturated rings. The first kappa shape index (κ1) is 23.8. The van der Waals surface area contributed by atoms with E-state index in [1.807, 2.05) is 0 Å². The molecule has 1 aliphatic heterocycles. The summed E-state index contributed by atoms with van der Waals surface area (Å²) in [6.07, 6.45) is -1.21. The van der Waals surface area contributed by atoms with Crippen molar-refractivity contribution < 1.29 is 51.6 Å². The minimum absolute atomic E-state index is 0.000536. The SMILES string of the molecule is COC(=O)OC[C@@H]1[C@H](NC(=O)/C(=N\OCC(=O)O)c2csc(N)n2)C(=O)N1S(=O)(=O)O. The van der Waals surface area contributed by atoms with Gasteiger partial charge < -0.3 is 30.5 Å². The molecule has 170 valence electrons.